The van der Waals surface area contributed by atoms with Crippen molar-refractivity contribution in [2.45, 2.75) is 24.5 Å². The zero-order valence-electron chi connectivity index (χ0n) is 19.3. The zero-order chi connectivity index (χ0) is 25.9. The van der Waals surface area contributed by atoms with Crippen molar-refractivity contribution in [3.05, 3.63) is 108 Å². The summed E-state index contributed by atoms with van der Waals surface area (Å²) in [6.07, 6.45) is -4.67. The van der Waals surface area contributed by atoms with E-state index in [0.717, 1.165) is 40.1 Å². The molecule has 4 aromatic rings. The lowest BCUT2D eigenvalue weighted by Gasteiger charge is -2.25. The highest BCUT2D eigenvalue weighted by molar-refractivity contribution is 7.92. The van der Waals surface area contributed by atoms with Crippen LogP contribution in [0.2, 0.25) is 0 Å². The first-order valence-corrected chi connectivity index (χ1v) is 12.5. The molecule has 0 bridgehead atoms. The van der Waals surface area contributed by atoms with Gasteiger partial charge in [0.25, 0.3) is 10.0 Å². The van der Waals surface area contributed by atoms with Crippen molar-refractivity contribution in [3.8, 4) is 0 Å². The van der Waals surface area contributed by atoms with Crippen LogP contribution in [0.25, 0.3) is 10.8 Å². The molecule has 0 aliphatic carbocycles. The van der Waals surface area contributed by atoms with E-state index in [-0.39, 0.29) is 17.1 Å². The highest BCUT2D eigenvalue weighted by Crippen LogP contribution is 2.33. The minimum Gasteiger partial charge on any atom is -0.350 e. The van der Waals surface area contributed by atoms with Gasteiger partial charge in [0.1, 0.15) is 6.54 Å². The Kier molecular flexibility index (Phi) is 7.03. The number of anilines is 1. The van der Waals surface area contributed by atoms with Crippen molar-refractivity contribution in [2.24, 2.45) is 0 Å². The van der Waals surface area contributed by atoms with Gasteiger partial charge in [0, 0.05) is 6.54 Å². The molecule has 4 aromatic carbocycles. The molecular weight excluding hydrogens is 489 g/mol. The van der Waals surface area contributed by atoms with Gasteiger partial charge in [-0.1, -0.05) is 60.2 Å². The number of alkyl halides is 3. The van der Waals surface area contributed by atoms with Gasteiger partial charge in [-0.15, -0.1) is 0 Å². The number of halogens is 3. The summed E-state index contributed by atoms with van der Waals surface area (Å²) in [6.45, 7) is 1.22. The number of aryl methyl sites for hydroxylation is 1. The number of nitrogens with zero attached hydrogens (tertiary/aromatic N) is 1. The second kappa shape index (κ2) is 10.0. The summed E-state index contributed by atoms with van der Waals surface area (Å²) < 4.78 is 67.5. The monoisotopic (exact) mass is 512 g/mol. The minimum atomic E-state index is -4.67. The number of hydrogen-bond acceptors (Lipinski definition) is 3. The van der Waals surface area contributed by atoms with Crippen molar-refractivity contribution in [3.63, 3.8) is 0 Å². The predicted molar refractivity (Wildman–Crippen MR) is 133 cm³/mol. The molecule has 0 saturated carbocycles. The van der Waals surface area contributed by atoms with E-state index in [2.05, 4.69) is 5.32 Å². The van der Waals surface area contributed by atoms with E-state index in [1.807, 2.05) is 42.5 Å². The first-order valence-electron chi connectivity index (χ1n) is 11.0. The van der Waals surface area contributed by atoms with E-state index in [4.69, 9.17) is 0 Å². The number of fused-ring (bicyclic) bond motifs is 1. The van der Waals surface area contributed by atoms with Crippen LogP contribution in [0.5, 0.6) is 0 Å². The Balaban J connectivity index is 1.61. The number of carbonyl (C=O) groups is 1. The quantitative estimate of drug-likeness (QED) is 0.347. The van der Waals surface area contributed by atoms with E-state index < -0.39 is 34.2 Å². The molecule has 0 aliphatic rings. The lowest BCUT2D eigenvalue weighted by molar-refractivity contribution is -0.137. The number of amides is 1. The first-order chi connectivity index (χ1) is 17.0. The maximum atomic E-state index is 13.4. The molecule has 0 saturated heterocycles. The molecule has 0 aliphatic heterocycles. The van der Waals surface area contributed by atoms with Crippen molar-refractivity contribution in [1.29, 1.82) is 0 Å². The predicted octanol–water partition coefficient (Wildman–Crippen LogP) is 5.68. The van der Waals surface area contributed by atoms with Gasteiger partial charge in [-0.3, -0.25) is 9.10 Å². The number of nitrogens with one attached hydrogen (secondary N) is 1. The fourth-order valence-corrected chi connectivity index (χ4v) is 5.14. The summed E-state index contributed by atoms with van der Waals surface area (Å²) in [6, 6.07) is 23.2. The molecular formula is C27H23F3N2O3S. The maximum Gasteiger partial charge on any atom is 0.416 e. The van der Waals surface area contributed by atoms with E-state index >= 15 is 0 Å². The second-order valence-electron chi connectivity index (χ2n) is 8.33. The lowest BCUT2D eigenvalue weighted by atomic mass is 10.1. The van der Waals surface area contributed by atoms with Crippen LogP contribution in [0.3, 0.4) is 0 Å². The van der Waals surface area contributed by atoms with Crippen LogP contribution in [-0.2, 0) is 27.5 Å². The Morgan fingerprint density at radius 1 is 0.861 bits per heavy atom. The third-order valence-electron chi connectivity index (χ3n) is 5.66. The number of benzene rings is 4. The van der Waals surface area contributed by atoms with Gasteiger partial charge in [0.05, 0.1) is 16.1 Å². The first kappa shape index (κ1) is 25.2. The van der Waals surface area contributed by atoms with Crippen molar-refractivity contribution < 1.29 is 26.4 Å². The average Bonchev–Trinajstić information content (AvgIpc) is 2.85. The molecule has 0 unspecified atom stereocenters. The van der Waals surface area contributed by atoms with Crippen LogP contribution in [0.15, 0.2) is 95.9 Å². The Bertz CT molecular complexity index is 1500. The highest BCUT2D eigenvalue weighted by Gasteiger charge is 2.33. The Morgan fingerprint density at radius 2 is 1.56 bits per heavy atom. The molecule has 5 nitrogen and oxygen atoms in total. The van der Waals surface area contributed by atoms with Crippen LogP contribution < -0.4 is 9.62 Å². The molecule has 0 radical (unpaired) electrons. The summed E-state index contributed by atoms with van der Waals surface area (Å²) in [4.78, 5) is 12.7. The van der Waals surface area contributed by atoms with Gasteiger partial charge in [0.2, 0.25) is 5.91 Å². The van der Waals surface area contributed by atoms with Crippen molar-refractivity contribution >= 4 is 32.4 Å². The normalized spacial score (nSPS) is 11.9. The van der Waals surface area contributed by atoms with Gasteiger partial charge in [-0.25, -0.2) is 8.42 Å². The fourth-order valence-electron chi connectivity index (χ4n) is 3.73. The van der Waals surface area contributed by atoms with Crippen LogP contribution in [0, 0.1) is 6.92 Å². The lowest BCUT2D eigenvalue weighted by Crippen LogP contribution is -2.40. The number of carbonyl (C=O) groups excluding carboxylic acids is 1. The fraction of sp³-hybridized carbons (Fsp3) is 0.148. The number of sulfonamides is 1. The van der Waals surface area contributed by atoms with E-state index in [0.29, 0.717) is 4.31 Å². The van der Waals surface area contributed by atoms with Gasteiger partial charge < -0.3 is 5.32 Å². The average molecular weight is 513 g/mol. The van der Waals surface area contributed by atoms with Gasteiger partial charge in [0.15, 0.2) is 0 Å². The third kappa shape index (κ3) is 5.68. The standard InChI is InChI=1S/C27H23F3N2O3S/c1-19-9-13-25(14-10-19)36(34,35)32(24-8-4-7-23(16-24)27(28,29)30)18-26(33)31-17-20-11-12-21-5-2-3-6-22(21)15-20/h2-16H,17-18H2,1H3,(H,31,33). The van der Waals surface area contributed by atoms with E-state index in [1.54, 1.807) is 19.1 Å². The van der Waals surface area contributed by atoms with Crippen molar-refractivity contribution in [1.82, 2.24) is 5.32 Å². The Morgan fingerprint density at radius 3 is 2.25 bits per heavy atom. The summed E-state index contributed by atoms with van der Waals surface area (Å²) in [5, 5.41) is 4.69. The van der Waals surface area contributed by atoms with Gasteiger partial charge in [-0.05, 0) is 59.7 Å². The Labute approximate surface area is 207 Å². The molecule has 36 heavy (non-hydrogen) atoms. The molecule has 1 amide bonds. The highest BCUT2D eigenvalue weighted by atomic mass is 32.2. The topological polar surface area (TPSA) is 66.5 Å². The molecule has 4 rings (SSSR count). The van der Waals surface area contributed by atoms with Gasteiger partial charge in [-0.2, -0.15) is 13.2 Å². The molecule has 0 heterocycles. The maximum absolute atomic E-state index is 13.4. The van der Waals surface area contributed by atoms with Crippen LogP contribution in [0.1, 0.15) is 16.7 Å². The number of rotatable bonds is 7. The van der Waals surface area contributed by atoms with Crippen LogP contribution >= 0.6 is 0 Å². The smallest absolute Gasteiger partial charge is 0.350 e. The SMILES string of the molecule is Cc1ccc(S(=O)(=O)N(CC(=O)NCc2ccc3ccccc3c2)c2cccc(C(F)(F)F)c2)cc1. The molecule has 0 atom stereocenters. The largest absolute Gasteiger partial charge is 0.416 e. The van der Waals surface area contributed by atoms with Crippen LogP contribution in [-0.4, -0.2) is 20.9 Å². The zero-order valence-corrected chi connectivity index (χ0v) is 20.1. The van der Waals surface area contributed by atoms with E-state index in [1.165, 1.54) is 18.2 Å². The molecule has 0 fully saturated rings. The van der Waals surface area contributed by atoms with Crippen molar-refractivity contribution in [2.75, 3.05) is 10.8 Å². The molecule has 1 N–H and O–H groups in total. The van der Waals surface area contributed by atoms with Gasteiger partial charge >= 0.3 is 6.18 Å². The molecule has 0 spiro atoms. The third-order valence-corrected chi connectivity index (χ3v) is 7.45. The summed E-state index contributed by atoms with van der Waals surface area (Å²) in [7, 11) is -4.33. The minimum absolute atomic E-state index is 0.130. The summed E-state index contributed by atoms with van der Waals surface area (Å²) >= 11 is 0. The summed E-state index contributed by atoms with van der Waals surface area (Å²) in [5.74, 6) is -0.656. The van der Waals surface area contributed by atoms with E-state index in [9.17, 15) is 26.4 Å². The molecule has 9 heteroatoms. The van der Waals surface area contributed by atoms with Crippen LogP contribution in [0.4, 0.5) is 18.9 Å². The summed E-state index contributed by atoms with van der Waals surface area (Å²) in [5.41, 5.74) is 0.341. The molecule has 0 aromatic heterocycles. The number of hydrogen-bond donors (Lipinski definition) is 1. The molecule has 186 valence electrons. The second-order valence-corrected chi connectivity index (χ2v) is 10.2. The Hall–Kier alpha value is -3.85.